The van der Waals surface area contributed by atoms with E-state index >= 15 is 0 Å². The second-order valence-corrected chi connectivity index (χ2v) is 8.37. The maximum absolute atomic E-state index is 12.1. The third kappa shape index (κ3) is 5.28. The predicted molar refractivity (Wildman–Crippen MR) is 113 cm³/mol. The van der Waals surface area contributed by atoms with E-state index in [1.165, 1.54) is 16.9 Å². The minimum atomic E-state index is -0.298. The van der Waals surface area contributed by atoms with Crippen molar-refractivity contribution in [3.63, 3.8) is 0 Å². The molecule has 5 nitrogen and oxygen atoms in total. The van der Waals surface area contributed by atoms with Crippen molar-refractivity contribution in [1.82, 2.24) is 10.2 Å². The molecule has 3 rings (SSSR count). The summed E-state index contributed by atoms with van der Waals surface area (Å²) in [5.41, 5.74) is 2.09. The molecule has 1 aromatic heterocycles. The monoisotopic (exact) mass is 465 g/mol. The van der Waals surface area contributed by atoms with E-state index in [1.54, 1.807) is 12.1 Å². The summed E-state index contributed by atoms with van der Waals surface area (Å²) in [7, 11) is 0. The van der Waals surface area contributed by atoms with Crippen LogP contribution < -0.4 is 10.1 Å². The molecule has 0 spiro atoms. The Bertz CT molecular complexity index is 944. The van der Waals surface area contributed by atoms with E-state index in [2.05, 4.69) is 45.3 Å². The van der Waals surface area contributed by atoms with Crippen molar-refractivity contribution in [1.29, 1.82) is 0 Å². The molecule has 27 heavy (non-hydrogen) atoms. The van der Waals surface area contributed by atoms with Gasteiger partial charge < -0.3 is 4.74 Å². The van der Waals surface area contributed by atoms with Crippen molar-refractivity contribution < 1.29 is 9.53 Å². The van der Waals surface area contributed by atoms with Gasteiger partial charge in [0.15, 0.2) is 6.61 Å². The van der Waals surface area contributed by atoms with Crippen LogP contribution in [0.3, 0.4) is 0 Å². The van der Waals surface area contributed by atoms with Crippen LogP contribution >= 0.6 is 38.9 Å². The standard InChI is InChI=1S/C19H17BrClN3O2S/c1-11(2)13-5-8-16(15(20)9-13)26-10-17(25)22-19-24-23-18(27-19)12-3-6-14(21)7-4-12/h3-9,11H,10H2,1-2H3,(H,22,24,25). The molecule has 0 aliphatic carbocycles. The summed E-state index contributed by atoms with van der Waals surface area (Å²) in [5, 5.41) is 12.6. The number of nitrogens with one attached hydrogen (secondary N) is 1. The van der Waals surface area contributed by atoms with E-state index in [1.807, 2.05) is 30.3 Å². The Morgan fingerprint density at radius 1 is 1.22 bits per heavy atom. The second kappa shape index (κ2) is 8.82. The lowest BCUT2D eigenvalue weighted by Crippen LogP contribution is -2.20. The van der Waals surface area contributed by atoms with Gasteiger partial charge in [-0.3, -0.25) is 10.1 Å². The van der Waals surface area contributed by atoms with Crippen LogP contribution in [-0.2, 0) is 4.79 Å². The van der Waals surface area contributed by atoms with Gasteiger partial charge in [0.1, 0.15) is 10.8 Å². The van der Waals surface area contributed by atoms with Crippen LogP contribution in [0, 0.1) is 0 Å². The van der Waals surface area contributed by atoms with E-state index in [4.69, 9.17) is 16.3 Å². The molecule has 140 valence electrons. The van der Waals surface area contributed by atoms with Crippen LogP contribution in [0.15, 0.2) is 46.9 Å². The molecule has 0 radical (unpaired) electrons. The summed E-state index contributed by atoms with van der Waals surface area (Å²) >= 11 is 10.7. The highest BCUT2D eigenvalue weighted by molar-refractivity contribution is 9.10. The summed E-state index contributed by atoms with van der Waals surface area (Å²) in [5.74, 6) is 0.744. The summed E-state index contributed by atoms with van der Waals surface area (Å²) < 4.78 is 6.41. The number of amides is 1. The quantitative estimate of drug-likeness (QED) is 0.501. The molecule has 3 aromatic rings. The largest absolute Gasteiger partial charge is 0.483 e. The number of hydrogen-bond acceptors (Lipinski definition) is 5. The summed E-state index contributed by atoms with van der Waals surface area (Å²) in [4.78, 5) is 12.1. The molecule has 1 heterocycles. The van der Waals surface area contributed by atoms with E-state index < -0.39 is 0 Å². The highest BCUT2D eigenvalue weighted by Crippen LogP contribution is 2.29. The maximum Gasteiger partial charge on any atom is 0.264 e. The van der Waals surface area contributed by atoms with Gasteiger partial charge in [-0.2, -0.15) is 0 Å². The van der Waals surface area contributed by atoms with Gasteiger partial charge in [-0.1, -0.05) is 55.0 Å². The number of nitrogens with zero attached hydrogens (tertiary/aromatic N) is 2. The summed E-state index contributed by atoms with van der Waals surface area (Å²) in [6.45, 7) is 4.13. The van der Waals surface area contributed by atoms with Crippen LogP contribution in [-0.4, -0.2) is 22.7 Å². The average molecular weight is 467 g/mol. The van der Waals surface area contributed by atoms with E-state index in [0.717, 1.165) is 10.0 Å². The molecule has 1 amide bonds. The van der Waals surface area contributed by atoms with Crippen molar-refractivity contribution in [3.05, 3.63) is 57.5 Å². The predicted octanol–water partition coefficient (Wildman–Crippen LogP) is 5.76. The number of hydrogen-bond donors (Lipinski definition) is 1. The number of rotatable bonds is 6. The highest BCUT2D eigenvalue weighted by atomic mass is 79.9. The van der Waals surface area contributed by atoms with Crippen LogP contribution in [0.1, 0.15) is 25.3 Å². The Labute approximate surface area is 174 Å². The molecular weight excluding hydrogens is 450 g/mol. The van der Waals surface area contributed by atoms with E-state index in [9.17, 15) is 4.79 Å². The SMILES string of the molecule is CC(C)c1ccc(OCC(=O)Nc2nnc(-c3ccc(Cl)cc3)s2)c(Br)c1. The van der Waals surface area contributed by atoms with Gasteiger partial charge in [-0.15, -0.1) is 10.2 Å². The number of ether oxygens (including phenoxy) is 1. The molecule has 0 saturated carbocycles. The molecule has 0 bridgehead atoms. The third-order valence-electron chi connectivity index (χ3n) is 3.74. The molecule has 0 aliphatic rings. The molecule has 0 fully saturated rings. The molecule has 0 atom stereocenters. The second-order valence-electron chi connectivity index (χ2n) is 6.10. The Hall–Kier alpha value is -1.96. The summed E-state index contributed by atoms with van der Waals surface area (Å²) in [6, 6.07) is 13.1. The number of aromatic nitrogens is 2. The van der Waals surface area contributed by atoms with Crippen LogP contribution in [0.25, 0.3) is 10.6 Å². The zero-order valence-electron chi connectivity index (χ0n) is 14.7. The average Bonchev–Trinajstić information content (AvgIpc) is 3.09. The van der Waals surface area contributed by atoms with Gasteiger partial charge in [-0.05, 0) is 51.7 Å². The Kier molecular flexibility index (Phi) is 6.46. The number of carbonyl (C=O) groups excluding carboxylic acids is 1. The van der Waals surface area contributed by atoms with Gasteiger partial charge in [0, 0.05) is 10.6 Å². The topological polar surface area (TPSA) is 64.1 Å². The molecule has 1 N–H and O–H groups in total. The first-order chi connectivity index (χ1) is 12.9. The van der Waals surface area contributed by atoms with Crippen molar-refractivity contribution >= 4 is 49.9 Å². The molecule has 0 aliphatic heterocycles. The zero-order chi connectivity index (χ0) is 19.4. The number of carbonyl (C=O) groups is 1. The first-order valence-corrected chi connectivity index (χ1v) is 10.2. The first-order valence-electron chi connectivity index (χ1n) is 8.24. The summed E-state index contributed by atoms with van der Waals surface area (Å²) in [6.07, 6.45) is 0. The Morgan fingerprint density at radius 3 is 2.63 bits per heavy atom. The smallest absolute Gasteiger partial charge is 0.264 e. The van der Waals surface area contributed by atoms with Gasteiger partial charge in [0.2, 0.25) is 5.13 Å². The van der Waals surface area contributed by atoms with Crippen LogP contribution in [0.5, 0.6) is 5.75 Å². The fourth-order valence-electron chi connectivity index (χ4n) is 2.27. The van der Waals surface area contributed by atoms with Crippen molar-refractivity contribution in [3.8, 4) is 16.3 Å². The molecule has 0 unspecified atom stereocenters. The maximum atomic E-state index is 12.1. The Morgan fingerprint density at radius 2 is 1.96 bits per heavy atom. The van der Waals surface area contributed by atoms with Gasteiger partial charge in [0.25, 0.3) is 5.91 Å². The number of halogens is 2. The van der Waals surface area contributed by atoms with Gasteiger partial charge in [-0.25, -0.2) is 0 Å². The number of benzene rings is 2. The lowest BCUT2D eigenvalue weighted by atomic mass is 10.0. The van der Waals surface area contributed by atoms with Gasteiger partial charge in [0.05, 0.1) is 4.47 Å². The van der Waals surface area contributed by atoms with Crippen LogP contribution in [0.2, 0.25) is 5.02 Å². The van der Waals surface area contributed by atoms with Crippen LogP contribution in [0.4, 0.5) is 5.13 Å². The highest BCUT2D eigenvalue weighted by Gasteiger charge is 2.12. The third-order valence-corrected chi connectivity index (χ3v) is 5.50. The molecular formula is C19H17BrClN3O2S. The normalized spacial score (nSPS) is 10.9. The minimum Gasteiger partial charge on any atom is -0.483 e. The minimum absolute atomic E-state index is 0.116. The Balaban J connectivity index is 1.58. The fourth-order valence-corrected chi connectivity index (χ4v) is 3.68. The van der Waals surface area contributed by atoms with E-state index in [-0.39, 0.29) is 12.5 Å². The zero-order valence-corrected chi connectivity index (χ0v) is 17.9. The molecule has 2 aromatic carbocycles. The van der Waals surface area contributed by atoms with Crippen molar-refractivity contribution in [2.24, 2.45) is 0 Å². The van der Waals surface area contributed by atoms with Crippen molar-refractivity contribution in [2.45, 2.75) is 19.8 Å². The first kappa shape index (κ1) is 19.8. The fraction of sp³-hybridized carbons (Fsp3) is 0.211. The van der Waals surface area contributed by atoms with Crippen molar-refractivity contribution in [2.75, 3.05) is 11.9 Å². The molecule has 8 heteroatoms. The molecule has 0 saturated heterocycles. The van der Waals surface area contributed by atoms with Gasteiger partial charge >= 0.3 is 0 Å². The number of anilines is 1. The lowest BCUT2D eigenvalue weighted by molar-refractivity contribution is -0.118. The van der Waals surface area contributed by atoms with E-state index in [0.29, 0.717) is 26.8 Å². The lowest BCUT2D eigenvalue weighted by Gasteiger charge is -2.11.